The van der Waals surface area contributed by atoms with Crippen molar-refractivity contribution in [1.29, 1.82) is 0 Å². The lowest BCUT2D eigenvalue weighted by Gasteiger charge is -2.36. The van der Waals surface area contributed by atoms with Crippen molar-refractivity contribution in [1.82, 2.24) is 14.8 Å². The van der Waals surface area contributed by atoms with Crippen LogP contribution >= 0.6 is 23.2 Å². The molecular weight excluding hydrogens is 393 g/mol. The highest BCUT2D eigenvalue weighted by molar-refractivity contribution is 6.42. The zero-order chi connectivity index (χ0) is 19.9. The number of amides is 1. The number of pyridine rings is 1. The van der Waals surface area contributed by atoms with E-state index in [0.717, 1.165) is 50.2 Å². The Morgan fingerprint density at radius 2 is 2.00 bits per heavy atom. The zero-order valence-electron chi connectivity index (χ0n) is 16.0. The molecule has 1 amide bonds. The summed E-state index contributed by atoms with van der Waals surface area (Å²) in [5.41, 5.74) is 1.99. The molecular formula is C22H25Cl2N3O. The fourth-order valence-corrected chi connectivity index (χ4v) is 3.74. The number of rotatable bonds is 6. The standard InChI is InChI=1S/C22H25Cl2N3O/c1-26(22(28)8-6-17-5-7-20(23)21(24)16-17)19-10-14-27(15-11-19)13-9-18-4-2-3-12-25-18/h2-8,12,16,19H,9-11,13-15H2,1H3/b8-6+. The summed E-state index contributed by atoms with van der Waals surface area (Å²) in [6, 6.07) is 11.7. The average Bonchev–Trinajstić information content (AvgIpc) is 2.73. The molecule has 0 unspecified atom stereocenters. The molecule has 0 aliphatic carbocycles. The number of carbonyl (C=O) groups excluding carboxylic acids is 1. The Hall–Kier alpha value is -1.88. The van der Waals surface area contributed by atoms with Gasteiger partial charge in [-0.25, -0.2) is 0 Å². The maximum Gasteiger partial charge on any atom is 0.246 e. The molecule has 148 valence electrons. The van der Waals surface area contributed by atoms with Crippen molar-refractivity contribution in [2.75, 3.05) is 26.7 Å². The second-order valence-electron chi connectivity index (χ2n) is 7.10. The van der Waals surface area contributed by atoms with Crippen molar-refractivity contribution >= 4 is 35.2 Å². The number of hydrogen-bond acceptors (Lipinski definition) is 3. The van der Waals surface area contributed by atoms with E-state index in [1.807, 2.05) is 36.3 Å². The molecule has 1 aliphatic rings. The molecule has 6 heteroatoms. The number of halogens is 2. The van der Waals surface area contributed by atoms with Gasteiger partial charge >= 0.3 is 0 Å². The first-order valence-corrected chi connectivity index (χ1v) is 10.3. The van der Waals surface area contributed by atoms with Gasteiger partial charge in [-0.3, -0.25) is 9.78 Å². The van der Waals surface area contributed by atoms with Crippen molar-refractivity contribution < 1.29 is 4.79 Å². The molecule has 0 N–H and O–H groups in total. The molecule has 0 spiro atoms. The van der Waals surface area contributed by atoms with Crippen LogP contribution in [0.4, 0.5) is 0 Å². The third-order valence-electron chi connectivity index (χ3n) is 5.22. The lowest BCUT2D eigenvalue weighted by molar-refractivity contribution is -0.127. The number of nitrogens with zero attached hydrogens (tertiary/aromatic N) is 3. The van der Waals surface area contributed by atoms with Gasteiger partial charge in [0.2, 0.25) is 5.91 Å². The quantitative estimate of drug-likeness (QED) is 0.645. The summed E-state index contributed by atoms with van der Waals surface area (Å²) in [6.07, 6.45) is 8.17. The molecule has 28 heavy (non-hydrogen) atoms. The van der Waals surface area contributed by atoms with Gasteiger partial charge in [0.15, 0.2) is 0 Å². The minimum atomic E-state index is 0.0120. The largest absolute Gasteiger partial charge is 0.339 e. The minimum absolute atomic E-state index is 0.0120. The zero-order valence-corrected chi connectivity index (χ0v) is 17.5. The second-order valence-corrected chi connectivity index (χ2v) is 7.91. The van der Waals surface area contributed by atoms with Crippen molar-refractivity contribution in [2.45, 2.75) is 25.3 Å². The fraction of sp³-hybridized carbons (Fsp3) is 0.364. The summed E-state index contributed by atoms with van der Waals surface area (Å²) in [5.74, 6) is 0.0120. The van der Waals surface area contributed by atoms with Gasteiger partial charge in [0.1, 0.15) is 0 Å². The summed E-state index contributed by atoms with van der Waals surface area (Å²) in [7, 11) is 1.88. The molecule has 0 atom stereocenters. The van der Waals surface area contributed by atoms with Gasteiger partial charge in [0.05, 0.1) is 10.0 Å². The van der Waals surface area contributed by atoms with Crippen molar-refractivity contribution in [2.24, 2.45) is 0 Å². The van der Waals surface area contributed by atoms with Crippen LogP contribution in [0.15, 0.2) is 48.7 Å². The molecule has 4 nitrogen and oxygen atoms in total. The summed E-state index contributed by atoms with van der Waals surface area (Å²) in [6.45, 7) is 3.02. The van der Waals surface area contributed by atoms with Gasteiger partial charge in [-0.15, -0.1) is 0 Å². The van der Waals surface area contributed by atoms with E-state index in [1.165, 1.54) is 0 Å². The first kappa shape index (κ1) is 20.8. The second kappa shape index (κ2) is 10.1. The molecule has 1 aromatic heterocycles. The third kappa shape index (κ3) is 5.81. The Bertz CT molecular complexity index is 818. The van der Waals surface area contributed by atoms with Crippen molar-refractivity contribution in [3.8, 4) is 0 Å². The number of likely N-dealkylation sites (N-methyl/N-ethyl adjacent to an activating group) is 1. The van der Waals surface area contributed by atoms with E-state index in [1.54, 1.807) is 24.3 Å². The highest BCUT2D eigenvalue weighted by Gasteiger charge is 2.24. The maximum atomic E-state index is 12.5. The van der Waals surface area contributed by atoms with E-state index in [9.17, 15) is 4.79 Å². The predicted molar refractivity (Wildman–Crippen MR) is 116 cm³/mol. The van der Waals surface area contributed by atoms with E-state index in [2.05, 4.69) is 16.0 Å². The molecule has 1 aromatic carbocycles. The van der Waals surface area contributed by atoms with Crippen LogP contribution < -0.4 is 0 Å². The first-order valence-electron chi connectivity index (χ1n) is 9.55. The van der Waals surface area contributed by atoms with Gasteiger partial charge in [0, 0.05) is 57.1 Å². The number of likely N-dealkylation sites (tertiary alicyclic amines) is 1. The summed E-state index contributed by atoms with van der Waals surface area (Å²) in [4.78, 5) is 21.2. The highest BCUT2D eigenvalue weighted by Crippen LogP contribution is 2.23. The predicted octanol–water partition coefficient (Wildman–Crippen LogP) is 4.57. The van der Waals surface area contributed by atoms with E-state index < -0.39 is 0 Å². The topological polar surface area (TPSA) is 36.4 Å². The first-order chi connectivity index (χ1) is 13.5. The maximum absolute atomic E-state index is 12.5. The molecule has 2 heterocycles. The molecule has 0 radical (unpaired) electrons. The molecule has 1 saturated heterocycles. The van der Waals surface area contributed by atoms with Gasteiger partial charge in [-0.1, -0.05) is 35.3 Å². The highest BCUT2D eigenvalue weighted by atomic mass is 35.5. The van der Waals surface area contributed by atoms with E-state index in [0.29, 0.717) is 10.0 Å². The summed E-state index contributed by atoms with van der Waals surface area (Å²) in [5, 5.41) is 1.000. The van der Waals surface area contributed by atoms with Crippen LogP contribution in [0, 0.1) is 0 Å². The van der Waals surface area contributed by atoms with Crippen LogP contribution in [-0.2, 0) is 11.2 Å². The van der Waals surface area contributed by atoms with E-state index >= 15 is 0 Å². The SMILES string of the molecule is CN(C(=O)/C=C/c1ccc(Cl)c(Cl)c1)C1CCN(CCc2ccccn2)CC1. The van der Waals surface area contributed by atoms with Crippen LogP contribution in [0.5, 0.6) is 0 Å². The molecule has 0 bridgehead atoms. The Balaban J connectivity index is 1.46. The number of carbonyl (C=O) groups is 1. The van der Waals surface area contributed by atoms with E-state index in [-0.39, 0.29) is 11.9 Å². The van der Waals surface area contributed by atoms with Crippen LogP contribution in [-0.4, -0.2) is 53.4 Å². The summed E-state index contributed by atoms with van der Waals surface area (Å²) < 4.78 is 0. The van der Waals surface area contributed by atoms with Gasteiger partial charge < -0.3 is 9.80 Å². The van der Waals surface area contributed by atoms with Crippen LogP contribution in [0.3, 0.4) is 0 Å². The monoisotopic (exact) mass is 417 g/mol. The van der Waals surface area contributed by atoms with E-state index in [4.69, 9.17) is 23.2 Å². The Morgan fingerprint density at radius 3 is 2.68 bits per heavy atom. The molecule has 1 fully saturated rings. The smallest absolute Gasteiger partial charge is 0.246 e. The van der Waals surface area contributed by atoms with Gasteiger partial charge in [-0.2, -0.15) is 0 Å². The van der Waals surface area contributed by atoms with Crippen molar-refractivity contribution in [3.05, 3.63) is 70.0 Å². The Morgan fingerprint density at radius 1 is 1.21 bits per heavy atom. The van der Waals surface area contributed by atoms with Crippen molar-refractivity contribution in [3.63, 3.8) is 0 Å². The number of hydrogen-bond donors (Lipinski definition) is 0. The molecule has 0 saturated carbocycles. The van der Waals surface area contributed by atoms with Crippen LogP contribution in [0.25, 0.3) is 6.08 Å². The van der Waals surface area contributed by atoms with Crippen LogP contribution in [0.1, 0.15) is 24.1 Å². The van der Waals surface area contributed by atoms with Gasteiger partial charge in [-0.05, 0) is 48.7 Å². The molecule has 1 aliphatic heterocycles. The number of aromatic nitrogens is 1. The molecule has 3 rings (SSSR count). The lowest BCUT2D eigenvalue weighted by atomic mass is 10.0. The Kier molecular flexibility index (Phi) is 7.49. The number of benzene rings is 1. The fourth-order valence-electron chi connectivity index (χ4n) is 3.43. The lowest BCUT2D eigenvalue weighted by Crippen LogP contribution is -2.45. The minimum Gasteiger partial charge on any atom is -0.339 e. The summed E-state index contributed by atoms with van der Waals surface area (Å²) >= 11 is 11.9. The Labute approximate surface area is 176 Å². The van der Waals surface area contributed by atoms with Gasteiger partial charge in [0.25, 0.3) is 0 Å². The molecule has 2 aromatic rings. The normalized spacial score (nSPS) is 15.8. The van der Waals surface area contributed by atoms with Crippen LogP contribution in [0.2, 0.25) is 10.0 Å². The average molecular weight is 418 g/mol. The number of piperidine rings is 1. The third-order valence-corrected chi connectivity index (χ3v) is 5.96.